The first kappa shape index (κ1) is 32.1. The molecule has 0 saturated carbocycles. The molecule has 12 nitrogen and oxygen atoms in total. The van der Waals surface area contributed by atoms with Gasteiger partial charge in [-0.15, -0.1) is 11.8 Å². The van der Waals surface area contributed by atoms with Gasteiger partial charge < -0.3 is 31.1 Å². The summed E-state index contributed by atoms with van der Waals surface area (Å²) in [5.41, 5.74) is 6.56. The molecule has 3 fully saturated rings. The van der Waals surface area contributed by atoms with Crippen LogP contribution in [0.3, 0.4) is 0 Å². The van der Waals surface area contributed by atoms with Crippen LogP contribution in [0.1, 0.15) is 39.5 Å². The van der Waals surface area contributed by atoms with E-state index in [9.17, 15) is 27.9 Å². The third-order valence-electron chi connectivity index (χ3n) is 7.48. The number of nitrogen functional groups attached to an aromatic ring is 1. The van der Waals surface area contributed by atoms with E-state index in [0.29, 0.717) is 11.4 Å². The topological polar surface area (TPSA) is 183 Å². The van der Waals surface area contributed by atoms with Crippen LogP contribution in [-0.2, 0) is 24.2 Å². The number of carbonyl (C=O) groups is 3. The summed E-state index contributed by atoms with van der Waals surface area (Å²) in [5.74, 6) is -2.07. The molecule has 3 aliphatic rings. The first-order valence-corrected chi connectivity index (χ1v) is 16.3. The third kappa shape index (κ3) is 7.42. The van der Waals surface area contributed by atoms with E-state index in [2.05, 4.69) is 15.2 Å². The molecule has 0 aromatic heterocycles. The second-order valence-electron chi connectivity index (χ2n) is 11.1. The summed E-state index contributed by atoms with van der Waals surface area (Å²) in [6.07, 6.45) is 6.67. The minimum atomic E-state index is -3.60. The predicted octanol–water partition coefficient (Wildman–Crippen LogP) is 3.00. The highest BCUT2D eigenvalue weighted by Crippen LogP contribution is 2.51. The Morgan fingerprint density at radius 1 is 1.02 bits per heavy atom. The largest absolute Gasteiger partial charge is 0.480 e. The zero-order valence-corrected chi connectivity index (χ0v) is 25.7. The van der Waals surface area contributed by atoms with Crippen molar-refractivity contribution in [1.29, 1.82) is 0 Å². The number of rotatable bonds is 8. The number of sulfone groups is 1. The molecule has 2 aromatic carbocycles. The van der Waals surface area contributed by atoms with Crippen LogP contribution in [0, 0.1) is 0 Å². The van der Waals surface area contributed by atoms with Crippen molar-refractivity contribution in [3.8, 4) is 0 Å². The van der Waals surface area contributed by atoms with Crippen LogP contribution in [0.25, 0.3) is 0 Å². The minimum Gasteiger partial charge on any atom is -0.480 e. The number of nitrogens with two attached hydrogens (primary N) is 1. The summed E-state index contributed by atoms with van der Waals surface area (Å²) in [5, 5.41) is 20.5. The Morgan fingerprint density at radius 3 is 2.12 bits per heavy atom. The molecule has 0 bridgehead atoms. The van der Waals surface area contributed by atoms with Crippen molar-refractivity contribution in [3.63, 3.8) is 0 Å². The highest BCUT2D eigenvalue weighted by Gasteiger charge is 2.63. The Balaban J connectivity index is 0.000000197. The Morgan fingerprint density at radius 2 is 1.58 bits per heavy atom. The van der Waals surface area contributed by atoms with Gasteiger partial charge >= 0.3 is 11.9 Å². The van der Waals surface area contributed by atoms with E-state index in [1.165, 1.54) is 79.1 Å². The van der Waals surface area contributed by atoms with Gasteiger partial charge in [0.05, 0.1) is 16.1 Å². The van der Waals surface area contributed by atoms with E-state index in [0.717, 1.165) is 13.1 Å². The lowest BCUT2D eigenvalue weighted by atomic mass is 9.96. The summed E-state index contributed by atoms with van der Waals surface area (Å²) >= 11 is 1.55. The number of β-lactam (4-membered cyclic amide) rings is 1. The molecule has 0 spiro atoms. The van der Waals surface area contributed by atoms with Crippen molar-refractivity contribution < 1.29 is 33.0 Å². The predicted molar refractivity (Wildman–Crippen MR) is 165 cm³/mol. The molecule has 3 heterocycles. The van der Waals surface area contributed by atoms with Crippen molar-refractivity contribution in [2.24, 2.45) is 4.99 Å². The SMILES string of the molecule is CC1(C)S[C@@H]2[C@H](N=CN3CCCCCC3)C(=O)N2[C@H]1C(=O)O.Nc1ccc(S(=O)(=O)c2ccc(NCC(=O)O)cc2)cc1. The van der Waals surface area contributed by atoms with E-state index in [1.807, 2.05) is 20.2 Å². The van der Waals surface area contributed by atoms with Crippen LogP contribution in [0.15, 0.2) is 63.3 Å². The van der Waals surface area contributed by atoms with Crippen LogP contribution in [0.4, 0.5) is 11.4 Å². The first-order valence-electron chi connectivity index (χ1n) is 14.0. The number of nitrogens with one attached hydrogen (secondary N) is 1. The maximum absolute atomic E-state index is 12.4. The zero-order valence-electron chi connectivity index (χ0n) is 24.0. The molecule has 5 rings (SSSR count). The normalized spacial score (nSPS) is 23.0. The molecule has 3 aliphatic heterocycles. The van der Waals surface area contributed by atoms with Crippen LogP contribution in [0.2, 0.25) is 0 Å². The summed E-state index contributed by atoms with van der Waals surface area (Å²) < 4.78 is 24.3. The maximum Gasteiger partial charge on any atom is 0.327 e. The standard InChI is InChI=1S/C15H23N3O3S.C14H14N2O4S/c1-15(2)11(14(20)21)18-12(19)10(13(18)22-15)16-9-17-7-5-3-4-6-8-17;15-10-1-5-12(6-2-10)21(19,20)13-7-3-11(4-8-13)16-9-14(17)18/h9-11,13H,3-8H2,1-2H3,(H,20,21);1-8,16H,9,15H2,(H,17,18)/t10-,11+,13-;/m1./s1. The number of benzene rings is 2. The van der Waals surface area contributed by atoms with E-state index in [-0.39, 0.29) is 27.6 Å². The number of carboxylic acid groups (broad SMARTS) is 2. The monoisotopic (exact) mass is 631 g/mol. The number of hydrogen-bond donors (Lipinski definition) is 4. The Bertz CT molecular complexity index is 1460. The second kappa shape index (κ2) is 13.2. The lowest BCUT2D eigenvalue weighted by Gasteiger charge is -2.41. The summed E-state index contributed by atoms with van der Waals surface area (Å²) in [4.78, 5) is 42.6. The van der Waals surface area contributed by atoms with E-state index >= 15 is 0 Å². The average Bonchev–Trinajstić information content (AvgIpc) is 3.08. The van der Waals surface area contributed by atoms with Gasteiger partial charge in [0.1, 0.15) is 18.0 Å². The van der Waals surface area contributed by atoms with E-state index in [1.54, 1.807) is 11.8 Å². The number of nitrogens with zero attached hydrogens (tertiary/aromatic N) is 3. The lowest BCUT2D eigenvalue weighted by Crippen LogP contribution is -2.65. The number of fused-ring (bicyclic) bond motifs is 1. The molecular formula is C29H37N5O7S2. The second-order valence-corrected chi connectivity index (χ2v) is 14.8. The quantitative estimate of drug-likeness (QED) is 0.145. The molecule has 1 amide bonds. The number of amides is 1. The van der Waals surface area contributed by atoms with Crippen molar-refractivity contribution >= 4 is 57.2 Å². The van der Waals surface area contributed by atoms with E-state index in [4.69, 9.17) is 10.8 Å². The van der Waals surface area contributed by atoms with Gasteiger partial charge in [0.25, 0.3) is 5.91 Å². The highest BCUT2D eigenvalue weighted by molar-refractivity contribution is 8.01. The van der Waals surface area contributed by atoms with Gasteiger partial charge in [0.15, 0.2) is 6.04 Å². The fraction of sp³-hybridized carbons (Fsp3) is 0.448. The van der Waals surface area contributed by atoms with Gasteiger partial charge in [-0.2, -0.15) is 0 Å². The number of aliphatic carboxylic acids is 2. The molecule has 43 heavy (non-hydrogen) atoms. The summed E-state index contributed by atoms with van der Waals surface area (Å²) in [6, 6.07) is 10.7. The van der Waals surface area contributed by atoms with Crippen molar-refractivity contribution in [2.75, 3.05) is 30.7 Å². The minimum absolute atomic E-state index is 0.133. The lowest BCUT2D eigenvalue weighted by molar-refractivity contribution is -0.158. The molecule has 2 aromatic rings. The zero-order chi connectivity index (χ0) is 31.4. The maximum atomic E-state index is 12.4. The van der Waals surface area contributed by atoms with Gasteiger partial charge in [0, 0.05) is 29.2 Å². The van der Waals surface area contributed by atoms with Crippen LogP contribution >= 0.6 is 11.8 Å². The fourth-order valence-corrected chi connectivity index (χ4v) is 8.10. The van der Waals surface area contributed by atoms with Crippen molar-refractivity contribution in [2.45, 2.75) is 71.5 Å². The average molecular weight is 632 g/mol. The molecule has 14 heteroatoms. The number of carboxylic acids is 2. The summed E-state index contributed by atoms with van der Waals surface area (Å²) in [7, 11) is -3.60. The van der Waals surface area contributed by atoms with Crippen molar-refractivity contribution in [1.82, 2.24) is 9.80 Å². The van der Waals surface area contributed by atoms with Crippen LogP contribution < -0.4 is 11.1 Å². The molecule has 3 saturated heterocycles. The molecular weight excluding hydrogens is 594 g/mol. The smallest absolute Gasteiger partial charge is 0.327 e. The molecule has 0 unspecified atom stereocenters. The van der Waals surface area contributed by atoms with Gasteiger partial charge in [-0.1, -0.05) is 12.8 Å². The van der Waals surface area contributed by atoms with Gasteiger partial charge in [0.2, 0.25) is 9.84 Å². The molecule has 0 radical (unpaired) electrons. The van der Waals surface area contributed by atoms with Gasteiger partial charge in [-0.25, -0.2) is 13.2 Å². The highest BCUT2D eigenvalue weighted by atomic mass is 32.2. The fourth-order valence-electron chi connectivity index (χ4n) is 5.22. The Hall–Kier alpha value is -3.78. The van der Waals surface area contributed by atoms with Crippen molar-refractivity contribution in [3.05, 3.63) is 48.5 Å². The third-order valence-corrected chi connectivity index (χ3v) is 10.8. The number of aliphatic imine (C=N–C) groups is 1. The first-order chi connectivity index (χ1) is 20.3. The van der Waals surface area contributed by atoms with Gasteiger partial charge in [-0.3, -0.25) is 14.6 Å². The molecule has 0 aliphatic carbocycles. The Labute approximate surface area is 255 Å². The molecule has 5 N–H and O–H groups in total. The Kier molecular flexibility index (Phi) is 9.90. The van der Waals surface area contributed by atoms with E-state index < -0.39 is 38.6 Å². The number of thioether (sulfide) groups is 1. The summed E-state index contributed by atoms with van der Waals surface area (Å²) in [6.45, 7) is 5.53. The number of carbonyl (C=O) groups excluding carboxylic acids is 1. The van der Waals surface area contributed by atoms with Crippen LogP contribution in [0.5, 0.6) is 0 Å². The number of hydrogen-bond acceptors (Lipinski definition) is 9. The number of likely N-dealkylation sites (tertiary alicyclic amines) is 1. The van der Waals surface area contributed by atoms with Gasteiger partial charge in [-0.05, 0) is 75.2 Å². The number of anilines is 2. The molecule has 3 atom stereocenters. The van der Waals surface area contributed by atoms with Crippen LogP contribution in [-0.4, -0.2) is 94.5 Å². The molecule has 232 valence electrons.